The molecule has 0 aromatic carbocycles. The average molecular weight is 375 g/mol. The lowest BCUT2D eigenvalue weighted by molar-refractivity contribution is 0.195. The third-order valence-electron chi connectivity index (χ3n) is 7.10. The van der Waals surface area contributed by atoms with Crippen LogP contribution >= 0.6 is 0 Å². The van der Waals surface area contributed by atoms with Gasteiger partial charge < -0.3 is 0 Å². The first kappa shape index (κ1) is 24.5. The predicted molar refractivity (Wildman–Crippen MR) is 124 cm³/mol. The summed E-state index contributed by atoms with van der Waals surface area (Å²) >= 11 is 0. The lowest BCUT2D eigenvalue weighted by Crippen LogP contribution is -2.22. The van der Waals surface area contributed by atoms with Crippen molar-refractivity contribution in [3.8, 4) is 0 Å². The minimum Gasteiger partial charge on any atom is -0.100 e. The molecule has 0 N–H and O–H groups in total. The zero-order valence-electron chi connectivity index (χ0n) is 19.3. The Morgan fingerprint density at radius 3 is 1.96 bits per heavy atom. The largest absolute Gasteiger partial charge is 0.100 e. The topological polar surface area (TPSA) is 0 Å². The van der Waals surface area contributed by atoms with E-state index in [1.54, 1.807) is 0 Å². The van der Waals surface area contributed by atoms with Crippen LogP contribution in [0.5, 0.6) is 0 Å². The second kappa shape index (κ2) is 14.5. The summed E-state index contributed by atoms with van der Waals surface area (Å²) in [7, 11) is 0. The Hall–Kier alpha value is -0.520. The highest BCUT2D eigenvalue weighted by atomic mass is 14.3. The molecule has 0 bridgehead atoms. The van der Waals surface area contributed by atoms with E-state index in [9.17, 15) is 0 Å². The zero-order valence-corrected chi connectivity index (χ0v) is 19.3. The summed E-state index contributed by atoms with van der Waals surface area (Å²) < 4.78 is 0. The second-order valence-electron chi connectivity index (χ2n) is 9.78. The molecular formula is C27H50. The van der Waals surface area contributed by atoms with Crippen LogP contribution in [0, 0.1) is 23.7 Å². The lowest BCUT2D eigenvalue weighted by atomic mass is 9.72. The summed E-state index contributed by atoms with van der Waals surface area (Å²) in [5.41, 5.74) is 2.85. The van der Waals surface area contributed by atoms with Gasteiger partial charge in [-0.05, 0) is 56.3 Å². The average Bonchev–Trinajstić information content (AvgIpc) is 3.16. The standard InChI is InChI=1S/C17H32.C10H18/c1-5-9-14(3)15(4)13-17-12-8-7-11-16(17)10-6-2;1-9(2)7-8-10-5-3-4-6-10/h15-17H,3,5-13H2,1-2,4H3;10H,1,3-8H2,2H3. The Morgan fingerprint density at radius 2 is 1.41 bits per heavy atom. The van der Waals surface area contributed by atoms with Gasteiger partial charge in [0, 0.05) is 0 Å². The van der Waals surface area contributed by atoms with Crippen LogP contribution in [0.1, 0.15) is 124 Å². The molecular weight excluding hydrogens is 324 g/mol. The molecule has 0 nitrogen and oxygen atoms in total. The normalized spacial score (nSPS) is 24.1. The quantitative estimate of drug-likeness (QED) is 0.334. The van der Waals surface area contributed by atoms with E-state index in [-0.39, 0.29) is 0 Å². The zero-order chi connectivity index (χ0) is 20.1. The summed E-state index contributed by atoms with van der Waals surface area (Å²) in [6.07, 6.45) is 21.2. The Morgan fingerprint density at radius 1 is 0.815 bits per heavy atom. The molecule has 27 heavy (non-hydrogen) atoms. The highest BCUT2D eigenvalue weighted by molar-refractivity contribution is 4.99. The summed E-state index contributed by atoms with van der Waals surface area (Å²) in [6, 6.07) is 0. The molecule has 0 aromatic rings. The van der Waals surface area contributed by atoms with E-state index in [0.717, 1.165) is 23.7 Å². The van der Waals surface area contributed by atoms with Crippen molar-refractivity contribution < 1.29 is 0 Å². The van der Waals surface area contributed by atoms with Crippen LogP contribution in [-0.2, 0) is 0 Å². The van der Waals surface area contributed by atoms with Crippen LogP contribution < -0.4 is 0 Å². The fraction of sp³-hybridized carbons (Fsp3) is 0.852. The van der Waals surface area contributed by atoms with E-state index in [0.29, 0.717) is 0 Å². The predicted octanol–water partition coefficient (Wildman–Crippen LogP) is 9.51. The van der Waals surface area contributed by atoms with E-state index < -0.39 is 0 Å². The van der Waals surface area contributed by atoms with E-state index >= 15 is 0 Å². The van der Waals surface area contributed by atoms with E-state index in [1.165, 1.54) is 107 Å². The van der Waals surface area contributed by atoms with E-state index in [1.807, 2.05) is 0 Å². The van der Waals surface area contributed by atoms with Crippen LogP contribution in [0.3, 0.4) is 0 Å². The molecule has 0 radical (unpaired) electrons. The first-order valence-electron chi connectivity index (χ1n) is 12.3. The van der Waals surface area contributed by atoms with Gasteiger partial charge in [0.05, 0.1) is 0 Å². The van der Waals surface area contributed by atoms with Crippen molar-refractivity contribution in [2.45, 2.75) is 124 Å². The van der Waals surface area contributed by atoms with Crippen LogP contribution in [0.15, 0.2) is 24.3 Å². The third-order valence-corrected chi connectivity index (χ3v) is 7.10. The molecule has 0 saturated heterocycles. The van der Waals surface area contributed by atoms with E-state index in [2.05, 4.69) is 40.9 Å². The molecule has 158 valence electrons. The number of hydrogen-bond donors (Lipinski definition) is 0. The molecule has 3 atom stereocenters. The van der Waals surface area contributed by atoms with Crippen LogP contribution in [0.4, 0.5) is 0 Å². The van der Waals surface area contributed by atoms with Gasteiger partial charge in [-0.1, -0.05) is 109 Å². The van der Waals surface area contributed by atoms with Gasteiger partial charge in [0.2, 0.25) is 0 Å². The molecule has 2 fully saturated rings. The Bertz CT molecular complexity index is 396. The van der Waals surface area contributed by atoms with Crippen molar-refractivity contribution in [3.05, 3.63) is 24.3 Å². The maximum absolute atomic E-state index is 4.28. The smallest absolute Gasteiger partial charge is 0.0232 e. The molecule has 2 aliphatic rings. The molecule has 0 heterocycles. The van der Waals surface area contributed by atoms with Crippen molar-refractivity contribution in [2.75, 3.05) is 0 Å². The van der Waals surface area contributed by atoms with Crippen LogP contribution in [-0.4, -0.2) is 0 Å². The number of hydrogen-bond acceptors (Lipinski definition) is 0. The molecule has 3 unspecified atom stereocenters. The number of allylic oxidation sites excluding steroid dienone is 2. The second-order valence-corrected chi connectivity index (χ2v) is 9.78. The molecule has 2 rings (SSSR count). The molecule has 0 heteroatoms. The van der Waals surface area contributed by atoms with Gasteiger partial charge >= 0.3 is 0 Å². The fourth-order valence-electron chi connectivity index (χ4n) is 5.28. The minimum absolute atomic E-state index is 0.748. The van der Waals surface area contributed by atoms with Crippen molar-refractivity contribution in [2.24, 2.45) is 23.7 Å². The highest BCUT2D eigenvalue weighted by Crippen LogP contribution is 2.38. The van der Waals surface area contributed by atoms with Crippen molar-refractivity contribution in [1.29, 1.82) is 0 Å². The first-order chi connectivity index (χ1) is 13.0. The summed E-state index contributed by atoms with van der Waals surface area (Å²) in [6.45, 7) is 17.3. The molecule has 0 spiro atoms. The Balaban J connectivity index is 0.000000309. The van der Waals surface area contributed by atoms with E-state index in [4.69, 9.17) is 0 Å². The molecule has 0 amide bonds. The monoisotopic (exact) mass is 374 g/mol. The lowest BCUT2D eigenvalue weighted by Gasteiger charge is -2.33. The minimum atomic E-state index is 0.748. The maximum Gasteiger partial charge on any atom is -0.0232 e. The van der Waals surface area contributed by atoms with Gasteiger partial charge in [-0.25, -0.2) is 0 Å². The molecule has 0 aliphatic heterocycles. The maximum atomic E-state index is 4.28. The van der Waals surface area contributed by atoms with Crippen LogP contribution in [0.25, 0.3) is 0 Å². The number of rotatable bonds is 10. The van der Waals surface area contributed by atoms with Gasteiger partial charge in [-0.15, -0.1) is 6.58 Å². The van der Waals surface area contributed by atoms with Crippen molar-refractivity contribution in [3.63, 3.8) is 0 Å². The van der Waals surface area contributed by atoms with Crippen LogP contribution in [0.2, 0.25) is 0 Å². The highest BCUT2D eigenvalue weighted by Gasteiger charge is 2.26. The first-order valence-corrected chi connectivity index (χ1v) is 12.3. The van der Waals surface area contributed by atoms with Gasteiger partial charge in [-0.3, -0.25) is 0 Å². The van der Waals surface area contributed by atoms with Gasteiger partial charge in [0.25, 0.3) is 0 Å². The van der Waals surface area contributed by atoms with Gasteiger partial charge in [0.1, 0.15) is 0 Å². The molecule has 0 aromatic heterocycles. The van der Waals surface area contributed by atoms with Gasteiger partial charge in [-0.2, -0.15) is 0 Å². The SMILES string of the molecule is C=C(C)CCC1CCCC1.C=C(CCC)C(C)CC1CCCCC1CCC. The summed E-state index contributed by atoms with van der Waals surface area (Å²) in [5, 5.41) is 0. The third kappa shape index (κ3) is 10.6. The Kier molecular flexibility index (Phi) is 13.1. The Labute approximate surface area is 172 Å². The fourth-order valence-corrected chi connectivity index (χ4v) is 5.28. The summed E-state index contributed by atoms with van der Waals surface area (Å²) in [4.78, 5) is 0. The summed E-state index contributed by atoms with van der Waals surface area (Å²) in [5.74, 6) is 3.80. The molecule has 2 aliphatic carbocycles. The molecule has 2 saturated carbocycles. The van der Waals surface area contributed by atoms with Gasteiger partial charge in [0.15, 0.2) is 0 Å². The van der Waals surface area contributed by atoms with Crippen molar-refractivity contribution in [1.82, 2.24) is 0 Å². The van der Waals surface area contributed by atoms with Crippen molar-refractivity contribution >= 4 is 0 Å².